The van der Waals surface area contributed by atoms with Crippen molar-refractivity contribution < 1.29 is 9.53 Å². The van der Waals surface area contributed by atoms with E-state index in [1.165, 1.54) is 0 Å². The van der Waals surface area contributed by atoms with Crippen LogP contribution in [0.1, 0.15) is 12.5 Å². The van der Waals surface area contributed by atoms with Crippen LogP contribution < -0.4 is 0 Å². The van der Waals surface area contributed by atoms with Crippen molar-refractivity contribution in [2.24, 2.45) is 0 Å². The molecule has 0 spiro atoms. The molecule has 2 rings (SSSR count). The van der Waals surface area contributed by atoms with E-state index in [4.69, 9.17) is 4.74 Å². The summed E-state index contributed by atoms with van der Waals surface area (Å²) in [4.78, 5) is 13.3. The van der Waals surface area contributed by atoms with Crippen molar-refractivity contribution in [1.82, 2.24) is 4.90 Å². The SMILES string of the molecule is CCO[C@H]1C=CC(=O)N1Cc1ccccc1. The van der Waals surface area contributed by atoms with E-state index in [0.717, 1.165) is 5.56 Å². The molecule has 3 nitrogen and oxygen atoms in total. The summed E-state index contributed by atoms with van der Waals surface area (Å²) in [5.74, 6) is 0.0160. The Bertz CT molecular complexity index is 386. The van der Waals surface area contributed by atoms with Gasteiger partial charge in [-0.1, -0.05) is 30.3 Å². The lowest BCUT2D eigenvalue weighted by Crippen LogP contribution is -2.35. The molecule has 1 atom stereocenters. The van der Waals surface area contributed by atoms with Crippen LogP contribution in [-0.4, -0.2) is 23.6 Å². The number of hydrogen-bond donors (Lipinski definition) is 0. The highest BCUT2D eigenvalue weighted by molar-refractivity contribution is 5.90. The standard InChI is InChI=1S/C13H15NO2/c1-2-16-13-9-8-12(15)14(13)10-11-6-4-3-5-7-11/h3-9,13H,2,10H2,1H3/t13-/m0/s1. The summed E-state index contributed by atoms with van der Waals surface area (Å²) in [5, 5.41) is 0. The monoisotopic (exact) mass is 217 g/mol. The van der Waals surface area contributed by atoms with Gasteiger partial charge >= 0.3 is 0 Å². The van der Waals surface area contributed by atoms with Gasteiger partial charge in [0.25, 0.3) is 0 Å². The van der Waals surface area contributed by atoms with Gasteiger partial charge in [-0.15, -0.1) is 0 Å². The minimum atomic E-state index is -0.210. The Morgan fingerprint density at radius 2 is 2.06 bits per heavy atom. The lowest BCUT2D eigenvalue weighted by Gasteiger charge is -2.24. The zero-order valence-corrected chi connectivity index (χ0v) is 9.30. The van der Waals surface area contributed by atoms with Crippen LogP contribution in [0.2, 0.25) is 0 Å². The number of benzene rings is 1. The van der Waals surface area contributed by atoms with E-state index >= 15 is 0 Å². The molecule has 0 aliphatic carbocycles. The number of hydrogen-bond acceptors (Lipinski definition) is 2. The molecular formula is C13H15NO2. The lowest BCUT2D eigenvalue weighted by molar-refractivity contribution is -0.134. The van der Waals surface area contributed by atoms with E-state index in [1.54, 1.807) is 17.1 Å². The second-order valence-electron chi connectivity index (χ2n) is 3.66. The fourth-order valence-corrected chi connectivity index (χ4v) is 1.75. The van der Waals surface area contributed by atoms with Gasteiger partial charge in [0.1, 0.15) is 0 Å². The quantitative estimate of drug-likeness (QED) is 0.771. The summed E-state index contributed by atoms with van der Waals surface area (Å²) in [6.07, 6.45) is 3.16. The van der Waals surface area contributed by atoms with Crippen LogP contribution in [0.3, 0.4) is 0 Å². The maximum atomic E-state index is 11.6. The number of carbonyl (C=O) groups excluding carboxylic acids is 1. The molecular weight excluding hydrogens is 202 g/mol. The molecule has 0 aromatic heterocycles. The number of amides is 1. The van der Waals surface area contributed by atoms with Crippen molar-refractivity contribution in [2.75, 3.05) is 6.61 Å². The van der Waals surface area contributed by atoms with Crippen molar-refractivity contribution in [3.05, 3.63) is 48.0 Å². The van der Waals surface area contributed by atoms with Gasteiger partial charge in [0, 0.05) is 19.2 Å². The first-order chi connectivity index (χ1) is 7.81. The molecule has 84 valence electrons. The molecule has 0 unspecified atom stereocenters. The van der Waals surface area contributed by atoms with Crippen molar-refractivity contribution in [3.63, 3.8) is 0 Å². The molecule has 0 fully saturated rings. The van der Waals surface area contributed by atoms with Crippen LogP contribution in [0.5, 0.6) is 0 Å². The van der Waals surface area contributed by atoms with Crippen molar-refractivity contribution >= 4 is 5.91 Å². The summed E-state index contributed by atoms with van der Waals surface area (Å²) in [6, 6.07) is 9.93. The zero-order chi connectivity index (χ0) is 11.4. The molecule has 1 heterocycles. The minimum Gasteiger partial charge on any atom is -0.355 e. The Labute approximate surface area is 95.3 Å². The van der Waals surface area contributed by atoms with Crippen LogP contribution in [0.4, 0.5) is 0 Å². The molecule has 1 aliphatic heterocycles. The molecule has 3 heteroatoms. The van der Waals surface area contributed by atoms with Crippen molar-refractivity contribution in [3.8, 4) is 0 Å². The van der Waals surface area contributed by atoms with E-state index in [0.29, 0.717) is 13.2 Å². The molecule has 0 saturated heterocycles. The minimum absolute atomic E-state index is 0.0160. The van der Waals surface area contributed by atoms with Crippen LogP contribution >= 0.6 is 0 Å². The Kier molecular flexibility index (Phi) is 3.37. The summed E-state index contributed by atoms with van der Waals surface area (Å²) in [5.41, 5.74) is 1.12. The molecule has 1 aromatic carbocycles. The molecule has 0 N–H and O–H groups in total. The summed E-state index contributed by atoms with van der Waals surface area (Å²) >= 11 is 0. The van der Waals surface area contributed by atoms with Gasteiger partial charge in [-0.2, -0.15) is 0 Å². The topological polar surface area (TPSA) is 29.5 Å². The molecule has 1 aliphatic rings. The van der Waals surface area contributed by atoms with Gasteiger partial charge in [-0.25, -0.2) is 0 Å². The largest absolute Gasteiger partial charge is 0.355 e. The summed E-state index contributed by atoms with van der Waals surface area (Å²) in [6.45, 7) is 3.13. The first-order valence-corrected chi connectivity index (χ1v) is 5.45. The van der Waals surface area contributed by atoms with Gasteiger partial charge in [0.05, 0.1) is 0 Å². The van der Waals surface area contributed by atoms with E-state index in [9.17, 15) is 4.79 Å². The zero-order valence-electron chi connectivity index (χ0n) is 9.30. The van der Waals surface area contributed by atoms with Gasteiger partial charge in [0.2, 0.25) is 5.91 Å². The maximum Gasteiger partial charge on any atom is 0.248 e. The van der Waals surface area contributed by atoms with Gasteiger partial charge in [0.15, 0.2) is 6.23 Å². The van der Waals surface area contributed by atoms with Gasteiger partial charge in [-0.3, -0.25) is 4.79 Å². The molecule has 0 bridgehead atoms. The van der Waals surface area contributed by atoms with E-state index in [2.05, 4.69) is 0 Å². The second-order valence-corrected chi connectivity index (χ2v) is 3.66. The smallest absolute Gasteiger partial charge is 0.248 e. The number of rotatable bonds is 4. The third-order valence-electron chi connectivity index (χ3n) is 2.53. The number of ether oxygens (including phenoxy) is 1. The van der Waals surface area contributed by atoms with Crippen LogP contribution in [0.25, 0.3) is 0 Å². The van der Waals surface area contributed by atoms with E-state index in [1.807, 2.05) is 37.3 Å². The lowest BCUT2D eigenvalue weighted by atomic mass is 10.2. The molecule has 0 radical (unpaired) electrons. The average Bonchev–Trinajstić information content (AvgIpc) is 2.64. The molecule has 16 heavy (non-hydrogen) atoms. The predicted octanol–water partition coefficient (Wildman–Crippen LogP) is 1.95. The van der Waals surface area contributed by atoms with E-state index < -0.39 is 0 Å². The third-order valence-corrected chi connectivity index (χ3v) is 2.53. The van der Waals surface area contributed by atoms with Crippen molar-refractivity contribution in [1.29, 1.82) is 0 Å². The van der Waals surface area contributed by atoms with Gasteiger partial charge in [-0.05, 0) is 18.6 Å². The maximum absolute atomic E-state index is 11.6. The summed E-state index contributed by atoms with van der Waals surface area (Å²) < 4.78 is 5.48. The Balaban J connectivity index is 2.06. The van der Waals surface area contributed by atoms with Gasteiger partial charge < -0.3 is 9.64 Å². The molecule has 1 amide bonds. The van der Waals surface area contributed by atoms with E-state index in [-0.39, 0.29) is 12.1 Å². The van der Waals surface area contributed by atoms with Crippen LogP contribution in [0.15, 0.2) is 42.5 Å². The first kappa shape index (κ1) is 10.9. The molecule has 0 saturated carbocycles. The van der Waals surface area contributed by atoms with Crippen molar-refractivity contribution in [2.45, 2.75) is 19.7 Å². The Hall–Kier alpha value is -1.61. The second kappa shape index (κ2) is 4.94. The average molecular weight is 217 g/mol. The van der Waals surface area contributed by atoms with Crippen LogP contribution in [-0.2, 0) is 16.1 Å². The first-order valence-electron chi connectivity index (χ1n) is 5.45. The number of carbonyl (C=O) groups is 1. The predicted molar refractivity (Wildman–Crippen MR) is 61.5 cm³/mol. The normalized spacial score (nSPS) is 19.4. The molecule has 1 aromatic rings. The third kappa shape index (κ3) is 2.31. The number of nitrogens with zero attached hydrogens (tertiary/aromatic N) is 1. The fourth-order valence-electron chi connectivity index (χ4n) is 1.75. The van der Waals surface area contributed by atoms with Crippen LogP contribution in [0, 0.1) is 0 Å². The highest BCUT2D eigenvalue weighted by Gasteiger charge is 2.25. The Morgan fingerprint density at radius 1 is 1.31 bits per heavy atom. The highest BCUT2D eigenvalue weighted by atomic mass is 16.5. The highest BCUT2D eigenvalue weighted by Crippen LogP contribution is 2.16. The summed E-state index contributed by atoms with van der Waals surface area (Å²) in [7, 11) is 0. The Morgan fingerprint density at radius 3 is 2.75 bits per heavy atom. The fraction of sp³-hybridized carbons (Fsp3) is 0.308.